The van der Waals surface area contributed by atoms with Gasteiger partial charge in [-0.1, -0.05) is 6.92 Å². The van der Waals surface area contributed by atoms with E-state index in [1.807, 2.05) is 0 Å². The minimum atomic E-state index is -0.221. The molecule has 2 N–H and O–H groups in total. The van der Waals surface area contributed by atoms with Gasteiger partial charge in [0.1, 0.15) is 0 Å². The van der Waals surface area contributed by atoms with Crippen molar-refractivity contribution in [3.8, 4) is 0 Å². The molecule has 2 rings (SSSR count). The molecule has 0 radical (unpaired) electrons. The smallest absolute Gasteiger partial charge is 0.0679 e. The lowest BCUT2D eigenvalue weighted by Crippen LogP contribution is -2.55. The molecule has 3 atom stereocenters. The summed E-state index contributed by atoms with van der Waals surface area (Å²) >= 11 is 0. The van der Waals surface area contributed by atoms with Crippen LogP contribution in [0, 0.1) is 5.92 Å². The molecule has 4 heteroatoms. The van der Waals surface area contributed by atoms with E-state index >= 15 is 0 Å². The van der Waals surface area contributed by atoms with Crippen LogP contribution < -0.4 is 5.32 Å². The van der Waals surface area contributed by atoms with E-state index < -0.39 is 0 Å². The van der Waals surface area contributed by atoms with Gasteiger partial charge in [-0.25, -0.2) is 0 Å². The minimum absolute atomic E-state index is 0.173. The SMILES string of the molecule is CCCNC(CO)(COC1CC(C)OC(C)C1)C1CC1. The van der Waals surface area contributed by atoms with Crippen molar-refractivity contribution < 1.29 is 14.6 Å². The summed E-state index contributed by atoms with van der Waals surface area (Å²) in [5.74, 6) is 0.578. The van der Waals surface area contributed by atoms with Crippen LogP contribution >= 0.6 is 0 Å². The number of nitrogens with one attached hydrogen (secondary N) is 1. The summed E-state index contributed by atoms with van der Waals surface area (Å²) in [7, 11) is 0. The fourth-order valence-electron chi connectivity index (χ4n) is 3.30. The third-order valence-corrected chi connectivity index (χ3v) is 4.60. The highest BCUT2D eigenvalue weighted by Gasteiger charge is 2.45. The van der Waals surface area contributed by atoms with Crippen LogP contribution in [-0.4, -0.2) is 48.7 Å². The fraction of sp³-hybridized carbons (Fsp3) is 1.00. The van der Waals surface area contributed by atoms with Crippen molar-refractivity contribution in [2.75, 3.05) is 19.8 Å². The highest BCUT2D eigenvalue weighted by atomic mass is 16.5. The van der Waals surface area contributed by atoms with Crippen LogP contribution in [-0.2, 0) is 9.47 Å². The molecule has 1 aliphatic heterocycles. The van der Waals surface area contributed by atoms with E-state index in [1.54, 1.807) is 0 Å². The van der Waals surface area contributed by atoms with E-state index in [0.717, 1.165) is 25.8 Å². The monoisotopic (exact) mass is 285 g/mol. The van der Waals surface area contributed by atoms with Gasteiger partial charge in [-0.3, -0.25) is 0 Å². The second-order valence-electron chi connectivity index (χ2n) is 6.68. The third-order valence-electron chi connectivity index (χ3n) is 4.60. The van der Waals surface area contributed by atoms with Crippen molar-refractivity contribution in [2.45, 2.75) is 76.7 Å². The summed E-state index contributed by atoms with van der Waals surface area (Å²) in [6.45, 7) is 8.12. The highest BCUT2D eigenvalue weighted by Crippen LogP contribution is 2.40. The number of hydrogen-bond acceptors (Lipinski definition) is 4. The Balaban J connectivity index is 1.87. The number of aliphatic hydroxyl groups is 1. The molecular formula is C16H31NO3. The molecule has 20 heavy (non-hydrogen) atoms. The number of aliphatic hydroxyl groups excluding tert-OH is 1. The second-order valence-corrected chi connectivity index (χ2v) is 6.68. The van der Waals surface area contributed by atoms with Gasteiger partial charge >= 0.3 is 0 Å². The molecule has 0 aromatic heterocycles. The number of ether oxygens (including phenoxy) is 2. The Morgan fingerprint density at radius 2 is 1.90 bits per heavy atom. The first-order chi connectivity index (χ1) is 9.59. The van der Waals surface area contributed by atoms with Gasteiger partial charge in [0.25, 0.3) is 0 Å². The normalized spacial score (nSPS) is 33.9. The first-order valence-electron chi connectivity index (χ1n) is 8.22. The van der Waals surface area contributed by atoms with Gasteiger partial charge in [0, 0.05) is 0 Å². The fourth-order valence-corrected chi connectivity index (χ4v) is 3.30. The molecule has 0 bridgehead atoms. The van der Waals surface area contributed by atoms with Crippen molar-refractivity contribution >= 4 is 0 Å². The van der Waals surface area contributed by atoms with E-state index in [0.29, 0.717) is 12.5 Å². The van der Waals surface area contributed by atoms with Crippen molar-refractivity contribution in [3.05, 3.63) is 0 Å². The maximum absolute atomic E-state index is 9.88. The third kappa shape index (κ3) is 4.17. The Hall–Kier alpha value is -0.160. The van der Waals surface area contributed by atoms with Crippen LogP contribution in [0.15, 0.2) is 0 Å². The molecule has 1 aliphatic carbocycles. The summed E-state index contributed by atoms with van der Waals surface area (Å²) in [6.07, 6.45) is 6.24. The zero-order valence-electron chi connectivity index (χ0n) is 13.2. The van der Waals surface area contributed by atoms with Gasteiger partial charge in [-0.15, -0.1) is 0 Å². The average Bonchev–Trinajstić information content (AvgIpc) is 3.23. The number of rotatable bonds is 8. The molecule has 0 amide bonds. The molecule has 0 spiro atoms. The average molecular weight is 285 g/mol. The van der Waals surface area contributed by atoms with E-state index in [9.17, 15) is 5.11 Å². The van der Waals surface area contributed by atoms with Gasteiger partial charge in [-0.2, -0.15) is 0 Å². The lowest BCUT2D eigenvalue weighted by atomic mass is 9.94. The van der Waals surface area contributed by atoms with Crippen LogP contribution in [0.5, 0.6) is 0 Å². The van der Waals surface area contributed by atoms with Crippen LogP contribution in [0.25, 0.3) is 0 Å². The van der Waals surface area contributed by atoms with Gasteiger partial charge in [0.15, 0.2) is 0 Å². The molecule has 1 heterocycles. The van der Waals surface area contributed by atoms with E-state index in [4.69, 9.17) is 9.47 Å². The zero-order chi connectivity index (χ0) is 14.6. The lowest BCUT2D eigenvalue weighted by molar-refractivity contribution is -0.115. The van der Waals surface area contributed by atoms with Gasteiger partial charge in [0.2, 0.25) is 0 Å². The minimum Gasteiger partial charge on any atom is -0.394 e. The summed E-state index contributed by atoms with van der Waals surface area (Å²) in [5, 5.41) is 13.4. The molecule has 2 aliphatic rings. The Morgan fingerprint density at radius 1 is 1.25 bits per heavy atom. The molecule has 0 aromatic rings. The molecule has 1 saturated carbocycles. The quantitative estimate of drug-likeness (QED) is 0.717. The number of hydrogen-bond donors (Lipinski definition) is 2. The van der Waals surface area contributed by atoms with Crippen molar-refractivity contribution in [2.24, 2.45) is 5.92 Å². The summed E-state index contributed by atoms with van der Waals surface area (Å²) < 4.78 is 11.9. The second kappa shape index (κ2) is 7.21. The molecule has 118 valence electrons. The molecule has 0 aromatic carbocycles. The standard InChI is InChI=1S/C16H31NO3/c1-4-7-17-16(10-18,14-5-6-14)11-19-15-8-12(2)20-13(3)9-15/h12-15,17-18H,4-11H2,1-3H3. The van der Waals surface area contributed by atoms with Crippen LogP contribution in [0.3, 0.4) is 0 Å². The summed E-state index contributed by atoms with van der Waals surface area (Å²) in [6, 6.07) is 0. The molecule has 1 saturated heterocycles. The van der Waals surface area contributed by atoms with E-state index in [2.05, 4.69) is 26.1 Å². The molecule has 2 fully saturated rings. The first-order valence-corrected chi connectivity index (χ1v) is 8.22. The predicted octanol–water partition coefficient (Wildman–Crippen LogP) is 2.10. The summed E-state index contributed by atoms with van der Waals surface area (Å²) in [4.78, 5) is 0. The summed E-state index contributed by atoms with van der Waals surface area (Å²) in [5.41, 5.74) is -0.221. The van der Waals surface area contributed by atoms with Crippen LogP contribution in [0.1, 0.15) is 52.9 Å². The molecule has 4 nitrogen and oxygen atoms in total. The van der Waals surface area contributed by atoms with Gasteiger partial charge in [0.05, 0.1) is 37.1 Å². The maximum atomic E-state index is 9.88. The highest BCUT2D eigenvalue weighted by molar-refractivity contribution is 5.01. The van der Waals surface area contributed by atoms with Crippen LogP contribution in [0.4, 0.5) is 0 Å². The van der Waals surface area contributed by atoms with Gasteiger partial charge < -0.3 is 19.9 Å². The Labute approximate surface area is 123 Å². The van der Waals surface area contributed by atoms with Crippen molar-refractivity contribution in [1.82, 2.24) is 5.32 Å². The largest absolute Gasteiger partial charge is 0.394 e. The van der Waals surface area contributed by atoms with E-state index in [-0.39, 0.29) is 30.5 Å². The maximum Gasteiger partial charge on any atom is 0.0679 e. The first kappa shape index (κ1) is 16.2. The lowest BCUT2D eigenvalue weighted by Gasteiger charge is -2.37. The van der Waals surface area contributed by atoms with Crippen molar-refractivity contribution in [3.63, 3.8) is 0 Å². The van der Waals surface area contributed by atoms with Crippen LogP contribution in [0.2, 0.25) is 0 Å². The molecule has 3 unspecified atom stereocenters. The topological polar surface area (TPSA) is 50.7 Å². The Kier molecular flexibility index (Phi) is 5.84. The predicted molar refractivity (Wildman–Crippen MR) is 79.8 cm³/mol. The zero-order valence-corrected chi connectivity index (χ0v) is 13.2. The molecular weight excluding hydrogens is 254 g/mol. The Bertz CT molecular complexity index is 285. The van der Waals surface area contributed by atoms with Crippen molar-refractivity contribution in [1.29, 1.82) is 0 Å². The van der Waals surface area contributed by atoms with Gasteiger partial charge in [-0.05, 0) is 58.4 Å². The van der Waals surface area contributed by atoms with E-state index in [1.165, 1.54) is 12.8 Å². The Morgan fingerprint density at radius 3 is 2.40 bits per heavy atom.